The minimum absolute atomic E-state index is 0.0673. The highest BCUT2D eigenvalue weighted by Gasteiger charge is 2.26. The van der Waals surface area contributed by atoms with Gasteiger partial charge in [0.2, 0.25) is 15.9 Å². The highest BCUT2D eigenvalue weighted by Crippen LogP contribution is 2.21. The number of benzene rings is 2. The zero-order chi connectivity index (χ0) is 24.4. The summed E-state index contributed by atoms with van der Waals surface area (Å²) in [6.45, 7) is 1.66. The molecule has 0 radical (unpaired) electrons. The van der Waals surface area contributed by atoms with Gasteiger partial charge in [-0.3, -0.25) is 10.1 Å². The first kappa shape index (κ1) is 25.4. The van der Waals surface area contributed by atoms with E-state index < -0.39 is 16.1 Å². The van der Waals surface area contributed by atoms with Crippen LogP contribution in [0.15, 0.2) is 53.4 Å². The van der Waals surface area contributed by atoms with Gasteiger partial charge in [-0.1, -0.05) is 12.1 Å². The molecular weight excluding hydrogens is 464 g/mol. The number of anilines is 3. The monoisotopic (exact) mass is 492 g/mol. The Bertz CT molecular complexity index is 1090. The van der Waals surface area contributed by atoms with E-state index in [1.165, 1.54) is 23.5 Å². The van der Waals surface area contributed by atoms with Crippen molar-refractivity contribution in [2.75, 3.05) is 69.1 Å². The first-order chi connectivity index (χ1) is 16.4. The summed E-state index contributed by atoms with van der Waals surface area (Å²) >= 11 is 0. The Morgan fingerprint density at radius 3 is 2.38 bits per heavy atom. The van der Waals surface area contributed by atoms with Gasteiger partial charge in [-0.05, 0) is 36.4 Å². The lowest BCUT2D eigenvalue weighted by atomic mass is 10.2. The van der Waals surface area contributed by atoms with Crippen LogP contribution in [-0.2, 0) is 29.0 Å². The van der Waals surface area contributed by atoms with Gasteiger partial charge in [-0.2, -0.15) is 4.31 Å². The van der Waals surface area contributed by atoms with E-state index in [4.69, 9.17) is 14.2 Å². The molecule has 0 bridgehead atoms. The van der Waals surface area contributed by atoms with Gasteiger partial charge in [-0.25, -0.2) is 13.2 Å². The molecule has 0 spiro atoms. The molecular formula is C22H28N4O7S. The Balaban J connectivity index is 1.53. The van der Waals surface area contributed by atoms with E-state index in [0.29, 0.717) is 50.0 Å². The van der Waals surface area contributed by atoms with Crippen LogP contribution in [0, 0.1) is 0 Å². The zero-order valence-electron chi connectivity index (χ0n) is 18.8. The second-order valence-electron chi connectivity index (χ2n) is 7.28. The predicted molar refractivity (Wildman–Crippen MR) is 126 cm³/mol. The van der Waals surface area contributed by atoms with Crippen molar-refractivity contribution in [2.45, 2.75) is 4.90 Å². The summed E-state index contributed by atoms with van der Waals surface area (Å²) in [6, 6.07) is 12.9. The molecule has 0 atom stereocenters. The number of ether oxygens (including phenoxy) is 3. The van der Waals surface area contributed by atoms with E-state index >= 15 is 0 Å². The van der Waals surface area contributed by atoms with Gasteiger partial charge in [-0.15, -0.1) is 0 Å². The summed E-state index contributed by atoms with van der Waals surface area (Å²) in [6.07, 6.45) is -0.612. The van der Waals surface area contributed by atoms with Crippen molar-refractivity contribution in [3.8, 4) is 0 Å². The Kier molecular flexibility index (Phi) is 9.22. The number of carbonyl (C=O) groups excluding carboxylic acids is 2. The molecule has 1 heterocycles. The summed E-state index contributed by atoms with van der Waals surface area (Å²) in [4.78, 5) is 24.3. The smallest absolute Gasteiger partial charge is 0.411 e. The number of nitrogens with zero attached hydrogens (tertiary/aromatic N) is 1. The molecule has 3 rings (SSSR count). The standard InChI is InChI=1S/C22H28N4O7S/c1-31-12-13-33-22(28)25-18-5-2-4-17(14-18)23-16-21(27)24-19-6-3-7-20(15-19)34(29,30)26-8-10-32-11-9-26/h2-7,14-15,23H,8-13,16H2,1H3,(H,24,27)(H,25,28). The molecule has 34 heavy (non-hydrogen) atoms. The fraction of sp³-hybridized carbons (Fsp3) is 0.364. The topological polar surface area (TPSA) is 135 Å². The van der Waals surface area contributed by atoms with Crippen LogP contribution in [0.4, 0.5) is 21.9 Å². The van der Waals surface area contributed by atoms with Gasteiger partial charge in [0.15, 0.2) is 0 Å². The first-order valence-corrected chi connectivity index (χ1v) is 12.1. The normalized spacial score (nSPS) is 14.3. The van der Waals surface area contributed by atoms with Gasteiger partial charge >= 0.3 is 6.09 Å². The van der Waals surface area contributed by atoms with Crippen molar-refractivity contribution in [1.29, 1.82) is 0 Å². The van der Waals surface area contributed by atoms with Crippen LogP contribution in [0.2, 0.25) is 0 Å². The summed E-state index contributed by atoms with van der Waals surface area (Å²) in [7, 11) is -2.15. The van der Waals surface area contributed by atoms with Crippen molar-refractivity contribution < 1.29 is 32.2 Å². The highest BCUT2D eigenvalue weighted by molar-refractivity contribution is 7.89. The third kappa shape index (κ3) is 7.42. The molecule has 11 nitrogen and oxygen atoms in total. The molecule has 2 aromatic carbocycles. The van der Waals surface area contributed by atoms with Gasteiger partial charge in [0, 0.05) is 37.3 Å². The number of amides is 2. The first-order valence-electron chi connectivity index (χ1n) is 10.6. The summed E-state index contributed by atoms with van der Waals surface area (Å²) in [5.41, 5.74) is 1.47. The quantitative estimate of drug-likeness (QED) is 0.429. The number of hydrogen-bond acceptors (Lipinski definition) is 8. The molecule has 3 N–H and O–H groups in total. The third-order valence-electron chi connectivity index (χ3n) is 4.81. The molecule has 12 heteroatoms. The van der Waals surface area contributed by atoms with Crippen molar-refractivity contribution >= 4 is 39.1 Å². The maximum atomic E-state index is 12.8. The van der Waals surface area contributed by atoms with E-state index in [9.17, 15) is 18.0 Å². The van der Waals surface area contributed by atoms with Crippen molar-refractivity contribution in [1.82, 2.24) is 4.31 Å². The van der Waals surface area contributed by atoms with Gasteiger partial charge in [0.25, 0.3) is 0 Å². The molecule has 1 fully saturated rings. The third-order valence-corrected chi connectivity index (χ3v) is 6.70. The minimum Gasteiger partial charge on any atom is -0.447 e. The van der Waals surface area contributed by atoms with Gasteiger partial charge in [0.1, 0.15) is 6.61 Å². The number of methoxy groups -OCH3 is 1. The molecule has 0 unspecified atom stereocenters. The Morgan fingerprint density at radius 1 is 0.971 bits per heavy atom. The number of morpholine rings is 1. The lowest BCUT2D eigenvalue weighted by molar-refractivity contribution is -0.114. The maximum absolute atomic E-state index is 12.8. The fourth-order valence-corrected chi connectivity index (χ4v) is 4.59. The van der Waals surface area contributed by atoms with Crippen LogP contribution < -0.4 is 16.0 Å². The lowest BCUT2D eigenvalue weighted by Crippen LogP contribution is -2.40. The van der Waals surface area contributed by atoms with Gasteiger partial charge in [0.05, 0.1) is 31.3 Å². The van der Waals surface area contributed by atoms with Gasteiger partial charge < -0.3 is 24.8 Å². The predicted octanol–water partition coefficient (Wildman–Crippen LogP) is 1.95. The average Bonchev–Trinajstić information content (AvgIpc) is 2.84. The van der Waals surface area contributed by atoms with Crippen LogP contribution in [0.5, 0.6) is 0 Å². The molecule has 1 aliphatic heterocycles. The van der Waals surface area contributed by atoms with E-state index in [0.717, 1.165) is 0 Å². The van der Waals surface area contributed by atoms with E-state index in [2.05, 4.69) is 16.0 Å². The SMILES string of the molecule is COCCOC(=O)Nc1cccc(NCC(=O)Nc2cccc(S(=O)(=O)N3CCOCC3)c2)c1. The Labute approximate surface area is 198 Å². The fourth-order valence-electron chi connectivity index (χ4n) is 3.14. The van der Waals surface area contributed by atoms with Crippen LogP contribution in [0.3, 0.4) is 0 Å². The number of hydrogen-bond donors (Lipinski definition) is 3. The van der Waals surface area contributed by atoms with Crippen molar-refractivity contribution in [2.24, 2.45) is 0 Å². The second-order valence-corrected chi connectivity index (χ2v) is 9.22. The summed E-state index contributed by atoms with van der Waals surface area (Å²) in [5, 5.41) is 8.25. The Morgan fingerprint density at radius 2 is 1.65 bits per heavy atom. The molecule has 2 amide bonds. The molecule has 1 saturated heterocycles. The Hall–Kier alpha value is -3.19. The van der Waals surface area contributed by atoms with Crippen molar-refractivity contribution in [3.05, 3.63) is 48.5 Å². The van der Waals surface area contributed by atoms with Crippen LogP contribution in [0.25, 0.3) is 0 Å². The van der Waals surface area contributed by atoms with Crippen LogP contribution >= 0.6 is 0 Å². The number of sulfonamides is 1. The highest BCUT2D eigenvalue weighted by atomic mass is 32.2. The summed E-state index contributed by atoms with van der Waals surface area (Å²) < 4.78 is 42.0. The van der Waals surface area contributed by atoms with E-state index in [1.54, 1.807) is 36.4 Å². The molecule has 2 aromatic rings. The largest absolute Gasteiger partial charge is 0.447 e. The van der Waals surface area contributed by atoms with Crippen molar-refractivity contribution in [3.63, 3.8) is 0 Å². The molecule has 0 saturated carbocycles. The molecule has 0 aromatic heterocycles. The summed E-state index contributed by atoms with van der Waals surface area (Å²) in [5.74, 6) is -0.363. The molecule has 0 aliphatic carbocycles. The van der Waals surface area contributed by atoms with Crippen LogP contribution in [-0.4, -0.2) is 77.9 Å². The van der Waals surface area contributed by atoms with E-state index in [-0.39, 0.29) is 24.0 Å². The number of rotatable bonds is 10. The minimum atomic E-state index is -3.66. The number of carbonyl (C=O) groups is 2. The van der Waals surface area contributed by atoms with Crippen LogP contribution in [0.1, 0.15) is 0 Å². The maximum Gasteiger partial charge on any atom is 0.411 e. The number of nitrogens with one attached hydrogen (secondary N) is 3. The van der Waals surface area contributed by atoms with E-state index in [1.807, 2.05) is 0 Å². The zero-order valence-corrected chi connectivity index (χ0v) is 19.6. The molecule has 184 valence electrons. The lowest BCUT2D eigenvalue weighted by Gasteiger charge is -2.26. The average molecular weight is 493 g/mol. The second kappa shape index (κ2) is 12.3. The molecule has 1 aliphatic rings.